The second-order valence-corrected chi connectivity index (χ2v) is 5.71. The number of hydrogen-bond donors (Lipinski definition) is 1. The minimum Gasteiger partial charge on any atom is -0.494 e. The minimum atomic E-state index is -0.695. The van der Waals surface area contributed by atoms with Gasteiger partial charge in [0.2, 0.25) is 0 Å². The van der Waals surface area contributed by atoms with E-state index in [4.69, 9.17) is 15.7 Å². The Hall–Kier alpha value is -1.53. The highest BCUT2D eigenvalue weighted by atomic mass is 16.5. The molecule has 0 saturated heterocycles. The van der Waals surface area contributed by atoms with Crippen molar-refractivity contribution in [1.29, 1.82) is 5.26 Å². The zero-order chi connectivity index (χ0) is 14.4. The summed E-state index contributed by atoms with van der Waals surface area (Å²) in [7, 11) is 0. The van der Waals surface area contributed by atoms with Crippen molar-refractivity contribution < 1.29 is 4.74 Å². The van der Waals surface area contributed by atoms with E-state index in [-0.39, 0.29) is 0 Å². The van der Waals surface area contributed by atoms with Crippen LogP contribution in [-0.2, 0) is 12.8 Å². The van der Waals surface area contributed by atoms with Crippen LogP contribution in [0.2, 0.25) is 0 Å². The summed E-state index contributed by atoms with van der Waals surface area (Å²) in [5.41, 5.74) is 8.17. The second-order valence-electron chi connectivity index (χ2n) is 5.71. The van der Waals surface area contributed by atoms with Gasteiger partial charge in [0.25, 0.3) is 0 Å². The number of benzene rings is 1. The van der Waals surface area contributed by atoms with Gasteiger partial charge in [-0.2, -0.15) is 5.26 Å². The predicted octanol–water partition coefficient (Wildman–Crippen LogP) is 3.36. The molecule has 1 aliphatic carbocycles. The van der Waals surface area contributed by atoms with Gasteiger partial charge in [0.05, 0.1) is 12.7 Å². The number of nitrogens with two attached hydrogens (primary N) is 1. The van der Waals surface area contributed by atoms with Gasteiger partial charge in [-0.25, -0.2) is 0 Å². The van der Waals surface area contributed by atoms with Crippen LogP contribution < -0.4 is 10.5 Å². The Morgan fingerprint density at radius 2 is 2.05 bits per heavy atom. The fourth-order valence-corrected chi connectivity index (χ4v) is 2.69. The molecule has 3 heteroatoms. The average molecular weight is 272 g/mol. The van der Waals surface area contributed by atoms with Gasteiger partial charge in [-0.1, -0.05) is 13.0 Å². The lowest BCUT2D eigenvalue weighted by molar-refractivity contribution is 0.291. The van der Waals surface area contributed by atoms with E-state index >= 15 is 0 Å². The Kier molecular flexibility index (Phi) is 5.03. The van der Waals surface area contributed by atoms with Crippen LogP contribution in [-0.4, -0.2) is 12.1 Å². The van der Waals surface area contributed by atoms with Crippen LogP contribution in [0.5, 0.6) is 5.75 Å². The minimum absolute atomic E-state index is 0.624. The molecule has 20 heavy (non-hydrogen) atoms. The molecule has 0 bridgehead atoms. The fraction of sp³-hybridized carbons (Fsp3) is 0.588. The molecule has 3 nitrogen and oxygen atoms in total. The smallest absolute Gasteiger partial charge is 0.119 e. The first kappa shape index (κ1) is 14.9. The summed E-state index contributed by atoms with van der Waals surface area (Å²) in [5, 5.41) is 9.02. The molecule has 2 rings (SSSR count). The Labute approximate surface area is 121 Å². The topological polar surface area (TPSA) is 59.0 Å². The SMILES string of the molecule is CCC(N)(C#N)CCCOc1ccc2c(c1)CCCC2. The van der Waals surface area contributed by atoms with Crippen molar-refractivity contribution in [3.63, 3.8) is 0 Å². The molecule has 0 amide bonds. The van der Waals surface area contributed by atoms with Gasteiger partial charge in [-0.05, 0) is 68.2 Å². The zero-order valence-electron chi connectivity index (χ0n) is 12.3. The number of nitriles is 1. The van der Waals surface area contributed by atoms with Crippen LogP contribution in [0.1, 0.15) is 50.2 Å². The number of fused-ring (bicyclic) bond motifs is 1. The number of aryl methyl sites for hydroxylation is 2. The van der Waals surface area contributed by atoms with Crippen LogP contribution >= 0.6 is 0 Å². The predicted molar refractivity (Wildman–Crippen MR) is 80.6 cm³/mol. The van der Waals surface area contributed by atoms with Crippen LogP contribution in [0.15, 0.2) is 18.2 Å². The second kappa shape index (κ2) is 6.76. The summed E-state index contributed by atoms with van der Waals surface area (Å²) < 4.78 is 5.79. The van der Waals surface area contributed by atoms with E-state index in [0.717, 1.165) is 12.2 Å². The maximum atomic E-state index is 9.02. The maximum Gasteiger partial charge on any atom is 0.119 e. The quantitative estimate of drug-likeness (QED) is 0.808. The van der Waals surface area contributed by atoms with Crippen molar-refractivity contribution in [2.45, 2.75) is 57.4 Å². The van der Waals surface area contributed by atoms with Crippen LogP contribution in [0.25, 0.3) is 0 Å². The van der Waals surface area contributed by atoms with Gasteiger partial charge in [0.1, 0.15) is 11.3 Å². The third kappa shape index (κ3) is 3.74. The van der Waals surface area contributed by atoms with Gasteiger partial charge in [-0.3, -0.25) is 0 Å². The van der Waals surface area contributed by atoms with E-state index in [1.807, 2.05) is 6.92 Å². The Balaban J connectivity index is 1.82. The number of rotatable bonds is 6. The van der Waals surface area contributed by atoms with E-state index in [2.05, 4.69) is 24.3 Å². The Bertz CT molecular complexity index is 492. The zero-order valence-corrected chi connectivity index (χ0v) is 12.3. The molecular weight excluding hydrogens is 248 g/mol. The molecule has 0 saturated carbocycles. The molecule has 0 aliphatic heterocycles. The molecule has 2 N–H and O–H groups in total. The number of hydrogen-bond acceptors (Lipinski definition) is 3. The highest BCUT2D eigenvalue weighted by molar-refractivity contribution is 5.37. The standard InChI is InChI=1S/C17H24N2O/c1-2-17(19,13-18)10-5-11-20-16-9-8-14-6-3-4-7-15(14)12-16/h8-9,12H,2-7,10-11,19H2,1H3. The molecule has 0 radical (unpaired) electrons. The summed E-state index contributed by atoms with van der Waals surface area (Å²) in [6.07, 6.45) is 7.14. The molecule has 1 aliphatic rings. The first-order valence-corrected chi connectivity index (χ1v) is 7.61. The van der Waals surface area contributed by atoms with E-state index in [9.17, 15) is 0 Å². The lowest BCUT2D eigenvalue weighted by Crippen LogP contribution is -2.37. The molecule has 0 heterocycles. The number of nitrogens with zero attached hydrogens (tertiary/aromatic N) is 1. The average Bonchev–Trinajstić information content (AvgIpc) is 2.51. The van der Waals surface area contributed by atoms with Gasteiger partial charge in [-0.15, -0.1) is 0 Å². The highest BCUT2D eigenvalue weighted by Gasteiger charge is 2.21. The summed E-state index contributed by atoms with van der Waals surface area (Å²) >= 11 is 0. The van der Waals surface area contributed by atoms with Crippen molar-refractivity contribution >= 4 is 0 Å². The van der Waals surface area contributed by atoms with Gasteiger partial charge >= 0.3 is 0 Å². The molecule has 1 unspecified atom stereocenters. The van der Waals surface area contributed by atoms with Gasteiger partial charge < -0.3 is 10.5 Å². The van der Waals surface area contributed by atoms with Gasteiger partial charge in [0.15, 0.2) is 0 Å². The van der Waals surface area contributed by atoms with Crippen molar-refractivity contribution in [3.8, 4) is 11.8 Å². The third-order valence-electron chi connectivity index (χ3n) is 4.21. The molecule has 1 aromatic rings. The molecule has 0 aromatic heterocycles. The fourth-order valence-electron chi connectivity index (χ4n) is 2.69. The Morgan fingerprint density at radius 1 is 1.30 bits per heavy atom. The van der Waals surface area contributed by atoms with E-state index in [1.54, 1.807) is 0 Å². The lowest BCUT2D eigenvalue weighted by atomic mass is 9.92. The summed E-state index contributed by atoms with van der Waals surface area (Å²) in [6, 6.07) is 8.62. The molecule has 0 fully saturated rings. The first-order chi connectivity index (χ1) is 9.67. The summed E-state index contributed by atoms with van der Waals surface area (Å²) in [6.45, 7) is 2.58. The van der Waals surface area contributed by atoms with Crippen molar-refractivity contribution in [3.05, 3.63) is 29.3 Å². The summed E-state index contributed by atoms with van der Waals surface area (Å²) in [5.74, 6) is 0.946. The largest absolute Gasteiger partial charge is 0.494 e. The lowest BCUT2D eigenvalue weighted by Gasteiger charge is -2.19. The van der Waals surface area contributed by atoms with Crippen molar-refractivity contribution in [2.24, 2.45) is 5.73 Å². The molecule has 1 aromatic carbocycles. The highest BCUT2D eigenvalue weighted by Crippen LogP contribution is 2.25. The number of ether oxygens (including phenoxy) is 1. The van der Waals surface area contributed by atoms with E-state index < -0.39 is 5.54 Å². The van der Waals surface area contributed by atoms with Crippen LogP contribution in [0, 0.1) is 11.3 Å². The van der Waals surface area contributed by atoms with Crippen molar-refractivity contribution in [1.82, 2.24) is 0 Å². The maximum absolute atomic E-state index is 9.02. The molecule has 108 valence electrons. The van der Waals surface area contributed by atoms with Crippen molar-refractivity contribution in [2.75, 3.05) is 6.61 Å². The van der Waals surface area contributed by atoms with E-state index in [1.165, 1.54) is 36.8 Å². The summed E-state index contributed by atoms with van der Waals surface area (Å²) in [4.78, 5) is 0. The normalized spacial score (nSPS) is 16.9. The van der Waals surface area contributed by atoms with Crippen LogP contribution in [0.3, 0.4) is 0 Å². The van der Waals surface area contributed by atoms with Crippen LogP contribution in [0.4, 0.5) is 0 Å². The first-order valence-electron chi connectivity index (χ1n) is 7.61. The molecular formula is C17H24N2O. The Morgan fingerprint density at radius 3 is 2.75 bits per heavy atom. The van der Waals surface area contributed by atoms with Gasteiger partial charge in [0, 0.05) is 0 Å². The van der Waals surface area contributed by atoms with E-state index in [0.29, 0.717) is 19.4 Å². The molecule has 0 spiro atoms. The monoisotopic (exact) mass is 272 g/mol. The molecule has 1 atom stereocenters. The third-order valence-corrected chi connectivity index (χ3v) is 4.21.